The van der Waals surface area contributed by atoms with Crippen molar-refractivity contribution in [1.29, 1.82) is 0 Å². The fourth-order valence-corrected chi connectivity index (χ4v) is 2.36. The molecule has 1 saturated heterocycles. The largest absolute Gasteiger partial charge is 0.394 e. The molecular formula is C11H15N3O4. The molecule has 98 valence electrons. The molecule has 3 aliphatic heterocycles. The summed E-state index contributed by atoms with van der Waals surface area (Å²) >= 11 is 0. The Bertz CT molecular complexity index is 423. The number of hydrogen-bond donors (Lipinski definition) is 4. The van der Waals surface area contributed by atoms with Crippen molar-refractivity contribution in [3.8, 4) is 0 Å². The van der Waals surface area contributed by atoms with Crippen molar-refractivity contribution in [2.75, 3.05) is 6.61 Å². The maximum absolute atomic E-state index is 11.9. The van der Waals surface area contributed by atoms with Gasteiger partial charge in [0.15, 0.2) is 0 Å². The Morgan fingerprint density at radius 1 is 1.56 bits per heavy atom. The highest BCUT2D eigenvalue weighted by atomic mass is 16.5. The van der Waals surface area contributed by atoms with Gasteiger partial charge in [0.25, 0.3) is 0 Å². The minimum Gasteiger partial charge on any atom is -0.394 e. The molecule has 0 saturated carbocycles. The number of aliphatic hydroxyl groups is 2. The summed E-state index contributed by atoms with van der Waals surface area (Å²) in [7, 11) is 0. The maximum Gasteiger partial charge on any atom is 0.325 e. The molecule has 2 unspecified atom stereocenters. The summed E-state index contributed by atoms with van der Waals surface area (Å²) in [4.78, 5) is 13.3. The van der Waals surface area contributed by atoms with E-state index in [9.17, 15) is 9.90 Å². The Kier molecular flexibility index (Phi) is 2.73. The van der Waals surface area contributed by atoms with Gasteiger partial charge in [0.1, 0.15) is 18.5 Å². The van der Waals surface area contributed by atoms with Gasteiger partial charge >= 0.3 is 6.03 Å². The number of rotatable bonds is 2. The second-order valence-corrected chi connectivity index (χ2v) is 4.53. The van der Waals surface area contributed by atoms with E-state index >= 15 is 0 Å². The van der Waals surface area contributed by atoms with E-state index in [1.807, 2.05) is 6.08 Å². The summed E-state index contributed by atoms with van der Waals surface area (Å²) in [6.45, 7) is -0.256. The van der Waals surface area contributed by atoms with E-state index in [-0.39, 0.29) is 18.8 Å². The number of nitrogens with one attached hydrogen (secondary N) is 2. The summed E-state index contributed by atoms with van der Waals surface area (Å²) in [6, 6.07) is -0.282. The van der Waals surface area contributed by atoms with Crippen LogP contribution < -0.4 is 10.6 Å². The smallest absolute Gasteiger partial charge is 0.325 e. The van der Waals surface area contributed by atoms with Gasteiger partial charge in [0.05, 0.1) is 12.7 Å². The van der Waals surface area contributed by atoms with E-state index in [1.165, 1.54) is 4.90 Å². The predicted molar refractivity (Wildman–Crippen MR) is 60.9 cm³/mol. The molecule has 3 aliphatic rings. The molecule has 3 rings (SSSR count). The number of nitrogens with zero attached hydrogens (tertiary/aromatic N) is 1. The Morgan fingerprint density at radius 2 is 2.39 bits per heavy atom. The van der Waals surface area contributed by atoms with Gasteiger partial charge < -0.3 is 25.6 Å². The molecule has 0 aromatic heterocycles. The number of aliphatic hydroxyl groups excluding tert-OH is 2. The zero-order chi connectivity index (χ0) is 12.7. The molecular weight excluding hydrogens is 238 g/mol. The maximum atomic E-state index is 11.9. The van der Waals surface area contributed by atoms with Crippen LogP contribution in [0.2, 0.25) is 0 Å². The molecule has 2 amide bonds. The summed E-state index contributed by atoms with van der Waals surface area (Å²) in [6.07, 6.45) is 3.53. The van der Waals surface area contributed by atoms with E-state index in [0.29, 0.717) is 6.42 Å². The molecule has 0 radical (unpaired) electrons. The lowest BCUT2D eigenvalue weighted by atomic mass is 10.1. The summed E-state index contributed by atoms with van der Waals surface area (Å²) < 4.78 is 5.46. The van der Waals surface area contributed by atoms with Crippen LogP contribution >= 0.6 is 0 Å². The molecule has 1 fully saturated rings. The third kappa shape index (κ3) is 1.76. The quantitative estimate of drug-likeness (QED) is 0.496. The molecule has 7 heteroatoms. The minimum absolute atomic E-state index is 0.186. The first-order chi connectivity index (χ1) is 8.69. The predicted octanol–water partition coefficient (Wildman–Crippen LogP) is -1.19. The molecule has 18 heavy (non-hydrogen) atoms. The molecule has 0 aliphatic carbocycles. The van der Waals surface area contributed by atoms with Crippen molar-refractivity contribution in [3.05, 3.63) is 24.0 Å². The Hall–Kier alpha value is -1.57. The average molecular weight is 253 g/mol. The molecule has 0 aromatic rings. The second-order valence-electron chi connectivity index (χ2n) is 4.53. The standard InChI is InChI=1S/C11H15N3O4/c15-5-8-7(16)3-9(18-8)14-4-6-1-2-12-10(6)13-11(14)17/h1-2,4,7-10,12,15-16H,3,5H2,(H,13,17)/t7-,8?,9-,10?/m1/s1. The van der Waals surface area contributed by atoms with Crippen LogP contribution in [0.4, 0.5) is 4.79 Å². The molecule has 7 nitrogen and oxygen atoms in total. The molecule has 0 bridgehead atoms. The van der Waals surface area contributed by atoms with Crippen molar-refractivity contribution in [1.82, 2.24) is 15.5 Å². The fourth-order valence-electron chi connectivity index (χ4n) is 2.36. The lowest BCUT2D eigenvalue weighted by molar-refractivity contribution is -0.0544. The van der Waals surface area contributed by atoms with Crippen LogP contribution in [0.1, 0.15) is 6.42 Å². The Morgan fingerprint density at radius 3 is 3.11 bits per heavy atom. The van der Waals surface area contributed by atoms with Crippen LogP contribution in [-0.4, -0.2) is 52.4 Å². The SMILES string of the molecule is O=C1NC2NC=CC2=CN1[C@H]1C[C@@H](O)C(CO)O1. The van der Waals surface area contributed by atoms with Gasteiger partial charge in [0, 0.05) is 18.2 Å². The number of carbonyl (C=O) groups is 1. The van der Waals surface area contributed by atoms with E-state index in [4.69, 9.17) is 9.84 Å². The van der Waals surface area contributed by atoms with Crippen molar-refractivity contribution in [3.63, 3.8) is 0 Å². The van der Waals surface area contributed by atoms with Gasteiger partial charge in [-0.1, -0.05) is 0 Å². The normalized spacial score (nSPS) is 38.2. The van der Waals surface area contributed by atoms with E-state index < -0.39 is 18.4 Å². The first-order valence-electron chi connectivity index (χ1n) is 5.86. The topological polar surface area (TPSA) is 94.1 Å². The zero-order valence-corrected chi connectivity index (χ0v) is 9.61. The van der Waals surface area contributed by atoms with Gasteiger partial charge in [-0.15, -0.1) is 0 Å². The van der Waals surface area contributed by atoms with Crippen molar-refractivity contribution >= 4 is 6.03 Å². The molecule has 4 atom stereocenters. The average Bonchev–Trinajstić information content (AvgIpc) is 2.93. The lowest BCUT2D eigenvalue weighted by Crippen LogP contribution is -2.53. The summed E-state index contributed by atoms with van der Waals surface area (Å²) in [5.74, 6) is 0. The number of urea groups is 1. The van der Waals surface area contributed by atoms with Crippen molar-refractivity contribution in [2.24, 2.45) is 0 Å². The summed E-state index contributed by atoms with van der Waals surface area (Å²) in [5.41, 5.74) is 0.931. The number of ether oxygens (including phenoxy) is 1. The van der Waals surface area contributed by atoms with Crippen LogP contribution in [0, 0.1) is 0 Å². The van der Waals surface area contributed by atoms with Gasteiger partial charge in [-0.05, 0) is 12.3 Å². The number of fused-ring (bicyclic) bond motifs is 1. The lowest BCUT2D eigenvalue weighted by Gasteiger charge is -2.32. The molecule has 0 aromatic carbocycles. The highest BCUT2D eigenvalue weighted by molar-refractivity contribution is 5.78. The van der Waals surface area contributed by atoms with Gasteiger partial charge in [-0.3, -0.25) is 4.90 Å². The zero-order valence-electron chi connectivity index (χ0n) is 9.61. The highest BCUT2D eigenvalue weighted by Crippen LogP contribution is 2.26. The van der Waals surface area contributed by atoms with Gasteiger partial charge in [-0.2, -0.15) is 0 Å². The molecule has 3 heterocycles. The highest BCUT2D eigenvalue weighted by Gasteiger charge is 2.40. The van der Waals surface area contributed by atoms with Crippen LogP contribution in [0.25, 0.3) is 0 Å². The fraction of sp³-hybridized carbons (Fsp3) is 0.545. The first kappa shape index (κ1) is 11.5. The molecule has 4 N–H and O–H groups in total. The third-order valence-electron chi connectivity index (χ3n) is 3.36. The third-order valence-corrected chi connectivity index (χ3v) is 3.36. The number of carbonyl (C=O) groups excluding carboxylic acids is 1. The second kappa shape index (κ2) is 4.27. The van der Waals surface area contributed by atoms with Crippen molar-refractivity contribution < 1.29 is 19.7 Å². The first-order valence-corrected chi connectivity index (χ1v) is 5.86. The Labute approximate surface area is 104 Å². The van der Waals surface area contributed by atoms with E-state index in [0.717, 1.165) is 5.57 Å². The van der Waals surface area contributed by atoms with Crippen LogP contribution in [0.5, 0.6) is 0 Å². The van der Waals surface area contributed by atoms with E-state index in [2.05, 4.69) is 10.6 Å². The molecule has 0 spiro atoms. The van der Waals surface area contributed by atoms with Crippen LogP contribution in [-0.2, 0) is 4.74 Å². The monoisotopic (exact) mass is 253 g/mol. The van der Waals surface area contributed by atoms with E-state index in [1.54, 1.807) is 12.4 Å². The Balaban J connectivity index is 1.78. The van der Waals surface area contributed by atoms with Crippen molar-refractivity contribution in [2.45, 2.75) is 31.0 Å². The van der Waals surface area contributed by atoms with Gasteiger partial charge in [-0.25, -0.2) is 4.79 Å². The number of amides is 2. The van der Waals surface area contributed by atoms with Gasteiger partial charge in [0.2, 0.25) is 0 Å². The van der Waals surface area contributed by atoms with Crippen LogP contribution in [0.15, 0.2) is 24.0 Å². The van der Waals surface area contributed by atoms with Crippen LogP contribution in [0.3, 0.4) is 0 Å². The minimum atomic E-state index is -0.749. The summed E-state index contributed by atoms with van der Waals surface area (Å²) in [5, 5.41) is 24.5. The number of hydrogen-bond acceptors (Lipinski definition) is 5.